The number of para-hydroxylation sites is 1. The molecule has 1 atom stereocenters. The summed E-state index contributed by atoms with van der Waals surface area (Å²) in [6.45, 7) is 1.92. The average molecular weight is 559 g/mol. The molecule has 1 aliphatic carbocycles. The molecule has 9 heteroatoms. The fraction of sp³-hybridized carbons (Fsp3) is 0.258. The number of fused-ring (bicyclic) bond motifs is 2. The molecular weight excluding hydrogens is 524 g/mol. The maximum atomic E-state index is 11.5. The molecular formula is C31H34N4O4S. The molecule has 8 nitrogen and oxygen atoms in total. The van der Waals surface area contributed by atoms with Crippen molar-refractivity contribution in [2.45, 2.75) is 38.4 Å². The molecule has 0 saturated carbocycles. The molecule has 0 aliphatic heterocycles. The van der Waals surface area contributed by atoms with E-state index < -0.39 is 15.9 Å². The Hall–Kier alpha value is -3.76. The van der Waals surface area contributed by atoms with Crippen LogP contribution in [0.4, 0.5) is 0 Å². The molecule has 3 aromatic carbocycles. The van der Waals surface area contributed by atoms with Crippen molar-refractivity contribution in [2.24, 2.45) is 0 Å². The summed E-state index contributed by atoms with van der Waals surface area (Å²) in [6.07, 6.45) is 9.15. The minimum atomic E-state index is -3.24. The first-order valence-corrected chi connectivity index (χ1v) is 15.2. The number of hydrogen-bond donors (Lipinski definition) is 4. The summed E-state index contributed by atoms with van der Waals surface area (Å²) in [7, 11) is -3.24. The fourth-order valence-electron chi connectivity index (χ4n) is 5.47. The molecule has 40 heavy (non-hydrogen) atoms. The number of aromatic nitrogens is 1. The highest BCUT2D eigenvalue weighted by molar-refractivity contribution is 7.88. The summed E-state index contributed by atoms with van der Waals surface area (Å²) >= 11 is 0. The van der Waals surface area contributed by atoms with Gasteiger partial charge in [-0.15, -0.1) is 0 Å². The molecule has 0 spiro atoms. The monoisotopic (exact) mass is 558 g/mol. The Morgan fingerprint density at radius 3 is 2.65 bits per heavy atom. The number of benzene rings is 3. The SMILES string of the molecule is CS(=O)(=O)NCc1ccc(CN(CCc2c[nH]c3ccccc23)C2CCc3cc(/C=C/C(=O)NO)ccc32)cc1. The first-order chi connectivity index (χ1) is 19.3. The number of nitrogens with one attached hydrogen (secondary N) is 3. The van der Waals surface area contributed by atoms with Crippen molar-refractivity contribution in [3.63, 3.8) is 0 Å². The second-order valence-corrected chi connectivity index (χ2v) is 12.1. The maximum Gasteiger partial charge on any atom is 0.267 e. The summed E-state index contributed by atoms with van der Waals surface area (Å²) < 4.78 is 25.5. The third-order valence-electron chi connectivity index (χ3n) is 7.48. The Morgan fingerprint density at radius 1 is 1.10 bits per heavy atom. The van der Waals surface area contributed by atoms with E-state index in [2.05, 4.69) is 63.3 Å². The van der Waals surface area contributed by atoms with E-state index in [1.54, 1.807) is 11.6 Å². The van der Waals surface area contributed by atoms with E-state index in [1.165, 1.54) is 33.7 Å². The van der Waals surface area contributed by atoms with Crippen LogP contribution in [0.3, 0.4) is 0 Å². The predicted molar refractivity (Wildman–Crippen MR) is 157 cm³/mol. The first kappa shape index (κ1) is 27.8. The molecule has 0 radical (unpaired) electrons. The second-order valence-electron chi connectivity index (χ2n) is 10.3. The van der Waals surface area contributed by atoms with Gasteiger partial charge in [-0.05, 0) is 64.8 Å². The Morgan fingerprint density at radius 2 is 1.88 bits per heavy atom. The number of sulfonamides is 1. The lowest BCUT2D eigenvalue weighted by atomic mass is 10.0. The average Bonchev–Trinajstić information content (AvgIpc) is 3.57. The highest BCUT2D eigenvalue weighted by atomic mass is 32.2. The van der Waals surface area contributed by atoms with Crippen LogP contribution in [-0.2, 0) is 40.7 Å². The molecule has 1 heterocycles. The van der Waals surface area contributed by atoms with Crippen molar-refractivity contribution < 1.29 is 18.4 Å². The summed E-state index contributed by atoms with van der Waals surface area (Å²) in [5.41, 5.74) is 9.65. The number of hydrogen-bond acceptors (Lipinski definition) is 5. The van der Waals surface area contributed by atoms with Gasteiger partial charge in [0.25, 0.3) is 5.91 Å². The zero-order chi connectivity index (χ0) is 28.1. The standard InChI is InChI=1S/C31H34N4O4S/c1-40(38,39)33-19-23-6-8-24(9-7-23)21-35(17-16-26-20-32-29-5-3-2-4-27(26)29)30-14-12-25-18-22(10-13-28(25)30)11-15-31(36)34-37/h2-11,13,15,18,20,30,32-33,37H,12,14,16-17,19,21H2,1H3,(H,34,36)/b15-11+. The number of carbonyl (C=O) groups is 1. The molecule has 208 valence electrons. The second kappa shape index (κ2) is 12.2. The molecule has 5 rings (SSSR count). The number of H-pyrrole nitrogens is 1. The lowest BCUT2D eigenvalue weighted by molar-refractivity contribution is -0.124. The Labute approximate surface area is 234 Å². The smallest absolute Gasteiger partial charge is 0.267 e. The predicted octanol–water partition coefficient (Wildman–Crippen LogP) is 4.47. The zero-order valence-electron chi connectivity index (χ0n) is 22.4. The van der Waals surface area contributed by atoms with E-state index in [-0.39, 0.29) is 12.6 Å². The summed E-state index contributed by atoms with van der Waals surface area (Å²) in [4.78, 5) is 17.3. The number of aromatic amines is 1. The summed E-state index contributed by atoms with van der Waals surface area (Å²) in [5.74, 6) is -0.556. The van der Waals surface area contributed by atoms with Crippen molar-refractivity contribution in [3.05, 3.63) is 112 Å². The molecule has 4 N–H and O–H groups in total. The number of amides is 1. The minimum absolute atomic E-state index is 0.255. The minimum Gasteiger partial charge on any atom is -0.361 e. The molecule has 0 fully saturated rings. The Balaban J connectivity index is 1.37. The maximum absolute atomic E-state index is 11.5. The summed E-state index contributed by atoms with van der Waals surface area (Å²) in [6, 6.07) is 23.0. The van der Waals surface area contributed by atoms with E-state index in [0.29, 0.717) is 0 Å². The van der Waals surface area contributed by atoms with Crippen molar-refractivity contribution in [1.29, 1.82) is 0 Å². The summed E-state index contributed by atoms with van der Waals surface area (Å²) in [5, 5.41) is 10.0. The lowest BCUT2D eigenvalue weighted by Gasteiger charge is -2.30. The van der Waals surface area contributed by atoms with Crippen LogP contribution in [0.2, 0.25) is 0 Å². The zero-order valence-corrected chi connectivity index (χ0v) is 23.2. The van der Waals surface area contributed by atoms with Gasteiger partial charge in [-0.2, -0.15) is 0 Å². The van der Waals surface area contributed by atoms with E-state index >= 15 is 0 Å². The van der Waals surface area contributed by atoms with E-state index in [4.69, 9.17) is 5.21 Å². The highest BCUT2D eigenvalue weighted by Gasteiger charge is 2.28. The van der Waals surface area contributed by atoms with Gasteiger partial charge < -0.3 is 4.98 Å². The number of hydroxylamine groups is 1. The van der Waals surface area contributed by atoms with Crippen LogP contribution in [-0.4, -0.2) is 42.2 Å². The van der Waals surface area contributed by atoms with E-state index in [0.717, 1.165) is 55.3 Å². The lowest BCUT2D eigenvalue weighted by Crippen LogP contribution is -2.29. The van der Waals surface area contributed by atoms with Crippen molar-refractivity contribution >= 4 is 32.9 Å². The number of aryl methyl sites for hydroxylation is 1. The van der Waals surface area contributed by atoms with Gasteiger partial charge in [-0.3, -0.25) is 14.9 Å². The van der Waals surface area contributed by atoms with E-state index in [1.807, 2.05) is 24.3 Å². The first-order valence-electron chi connectivity index (χ1n) is 13.4. The fourth-order valence-corrected chi connectivity index (χ4v) is 5.90. The molecule has 1 unspecified atom stereocenters. The van der Waals surface area contributed by atoms with Crippen LogP contribution in [0.15, 0.2) is 79.0 Å². The van der Waals surface area contributed by atoms with Gasteiger partial charge in [0.1, 0.15) is 0 Å². The van der Waals surface area contributed by atoms with Gasteiger partial charge >= 0.3 is 0 Å². The van der Waals surface area contributed by atoms with E-state index in [9.17, 15) is 13.2 Å². The topological polar surface area (TPSA) is 115 Å². The van der Waals surface area contributed by atoms with Crippen LogP contribution in [0.1, 0.15) is 45.8 Å². The Kier molecular flexibility index (Phi) is 8.46. The third kappa shape index (κ3) is 6.86. The molecule has 4 aromatic rings. The van der Waals surface area contributed by atoms with Crippen LogP contribution in [0.25, 0.3) is 17.0 Å². The number of rotatable bonds is 11. The van der Waals surface area contributed by atoms with Crippen LogP contribution < -0.4 is 10.2 Å². The largest absolute Gasteiger partial charge is 0.361 e. The molecule has 1 aliphatic rings. The van der Waals surface area contributed by atoms with Gasteiger partial charge in [0.05, 0.1) is 6.26 Å². The van der Waals surface area contributed by atoms with Crippen molar-refractivity contribution in [3.8, 4) is 0 Å². The van der Waals surface area contributed by atoms with Crippen molar-refractivity contribution in [2.75, 3.05) is 12.8 Å². The Bertz CT molecular complexity index is 1630. The van der Waals surface area contributed by atoms with Crippen LogP contribution in [0.5, 0.6) is 0 Å². The van der Waals surface area contributed by atoms with Gasteiger partial charge in [0.15, 0.2) is 0 Å². The third-order valence-corrected chi connectivity index (χ3v) is 8.15. The number of nitrogens with zero attached hydrogens (tertiary/aromatic N) is 1. The highest BCUT2D eigenvalue weighted by Crippen LogP contribution is 2.37. The number of carbonyl (C=O) groups excluding carboxylic acids is 1. The molecule has 0 bridgehead atoms. The molecule has 0 saturated heterocycles. The van der Waals surface area contributed by atoms with Crippen LogP contribution >= 0.6 is 0 Å². The van der Waals surface area contributed by atoms with Crippen molar-refractivity contribution in [1.82, 2.24) is 20.1 Å². The quantitative estimate of drug-likeness (QED) is 0.123. The molecule has 1 aromatic heterocycles. The normalized spacial score (nSPS) is 15.2. The van der Waals surface area contributed by atoms with Gasteiger partial charge in [0, 0.05) is 48.9 Å². The van der Waals surface area contributed by atoms with Gasteiger partial charge in [-0.1, -0.05) is 60.7 Å². The van der Waals surface area contributed by atoms with Gasteiger partial charge in [0.2, 0.25) is 10.0 Å². The molecule has 1 amide bonds. The van der Waals surface area contributed by atoms with Gasteiger partial charge in [-0.25, -0.2) is 18.6 Å². The van der Waals surface area contributed by atoms with Crippen LogP contribution in [0, 0.1) is 0 Å².